The fourth-order valence-corrected chi connectivity index (χ4v) is 4.50. The molecule has 20 heavy (non-hydrogen) atoms. The van der Waals surface area contributed by atoms with Crippen molar-refractivity contribution in [2.24, 2.45) is 11.3 Å². The Hall–Kier alpha value is -0.0800. The van der Waals surface area contributed by atoms with Gasteiger partial charge in [-0.1, -0.05) is 39.0 Å². The molecule has 0 aromatic carbocycles. The van der Waals surface area contributed by atoms with E-state index in [1.54, 1.807) is 0 Å². The first kappa shape index (κ1) is 16.3. The molecule has 2 aliphatic carbocycles. The van der Waals surface area contributed by atoms with Crippen molar-refractivity contribution in [3.63, 3.8) is 0 Å². The lowest BCUT2D eigenvalue weighted by molar-refractivity contribution is 0.0421. The van der Waals surface area contributed by atoms with Crippen molar-refractivity contribution in [3.8, 4) is 0 Å². The summed E-state index contributed by atoms with van der Waals surface area (Å²) in [5, 5.41) is 9.97. The number of rotatable bonds is 5. The van der Waals surface area contributed by atoms with Crippen LogP contribution in [0.3, 0.4) is 0 Å². The van der Waals surface area contributed by atoms with Gasteiger partial charge in [0.15, 0.2) is 0 Å². The van der Waals surface area contributed by atoms with Crippen LogP contribution >= 0.6 is 0 Å². The highest BCUT2D eigenvalue weighted by atomic mass is 16.3. The molecular weight excluding hydrogens is 246 g/mol. The average molecular weight is 281 g/mol. The van der Waals surface area contributed by atoms with Gasteiger partial charge >= 0.3 is 0 Å². The minimum absolute atomic E-state index is 0.201. The van der Waals surface area contributed by atoms with Crippen molar-refractivity contribution in [1.29, 1.82) is 0 Å². The zero-order chi connectivity index (χ0) is 14.4. The van der Waals surface area contributed by atoms with Gasteiger partial charge in [0, 0.05) is 24.6 Å². The molecule has 0 atom stereocenters. The summed E-state index contributed by atoms with van der Waals surface area (Å²) in [6, 6.07) is 0.768. The lowest BCUT2D eigenvalue weighted by atomic mass is 9.79. The van der Waals surface area contributed by atoms with E-state index in [2.05, 4.69) is 18.9 Å². The van der Waals surface area contributed by atoms with Gasteiger partial charge in [-0.05, 0) is 51.5 Å². The van der Waals surface area contributed by atoms with Crippen LogP contribution in [0.1, 0.15) is 77.6 Å². The van der Waals surface area contributed by atoms with Crippen molar-refractivity contribution in [2.75, 3.05) is 20.2 Å². The predicted octanol–water partition coefficient (Wildman–Crippen LogP) is 4.22. The molecule has 0 aliphatic heterocycles. The van der Waals surface area contributed by atoms with E-state index in [1.807, 2.05) is 0 Å². The fraction of sp³-hybridized carbons (Fsp3) is 1.00. The van der Waals surface area contributed by atoms with E-state index in [4.69, 9.17) is 0 Å². The molecule has 0 amide bonds. The molecule has 2 nitrogen and oxygen atoms in total. The molecule has 2 aliphatic rings. The summed E-state index contributed by atoms with van der Waals surface area (Å²) in [7, 11) is 2.30. The van der Waals surface area contributed by atoms with Crippen LogP contribution in [0.15, 0.2) is 0 Å². The molecule has 2 fully saturated rings. The molecule has 0 radical (unpaired) electrons. The summed E-state index contributed by atoms with van der Waals surface area (Å²) in [4.78, 5) is 2.59. The van der Waals surface area contributed by atoms with Crippen LogP contribution in [0.2, 0.25) is 0 Å². The van der Waals surface area contributed by atoms with Crippen LogP contribution < -0.4 is 0 Å². The maximum Gasteiger partial charge on any atom is 0.0499 e. The van der Waals surface area contributed by atoms with Gasteiger partial charge in [0.05, 0.1) is 0 Å². The second-order valence-electron chi connectivity index (χ2n) is 7.57. The molecule has 0 aromatic heterocycles. The minimum Gasteiger partial charge on any atom is -0.396 e. The number of hydrogen-bond donors (Lipinski definition) is 1. The first-order chi connectivity index (χ1) is 9.69. The summed E-state index contributed by atoms with van der Waals surface area (Å²) in [6.07, 6.45) is 14.8. The van der Waals surface area contributed by atoms with Crippen molar-refractivity contribution < 1.29 is 5.11 Å². The van der Waals surface area contributed by atoms with Crippen LogP contribution in [0, 0.1) is 11.3 Å². The molecule has 0 aromatic rings. The summed E-state index contributed by atoms with van der Waals surface area (Å²) < 4.78 is 0. The maximum absolute atomic E-state index is 9.97. The second-order valence-corrected chi connectivity index (χ2v) is 7.57. The smallest absolute Gasteiger partial charge is 0.0499 e. The summed E-state index contributed by atoms with van der Waals surface area (Å²) in [6.45, 7) is 3.84. The van der Waals surface area contributed by atoms with Crippen molar-refractivity contribution in [3.05, 3.63) is 0 Å². The first-order valence-corrected chi connectivity index (χ1v) is 9.00. The molecular formula is C18H35NO. The van der Waals surface area contributed by atoms with E-state index in [1.165, 1.54) is 70.6 Å². The van der Waals surface area contributed by atoms with E-state index >= 15 is 0 Å². The number of aliphatic hydroxyl groups is 1. The zero-order valence-corrected chi connectivity index (χ0v) is 13.7. The Bertz CT molecular complexity index is 263. The third kappa shape index (κ3) is 4.21. The molecule has 118 valence electrons. The minimum atomic E-state index is 0.201. The molecule has 0 heterocycles. The summed E-state index contributed by atoms with van der Waals surface area (Å²) >= 11 is 0. The standard InChI is InChI=1S/C18H35NO/c1-3-16-8-10-17(11-9-16)19(2)14-18(15-20)12-6-4-5-7-13-18/h16-17,20H,3-15H2,1-2H3. The fourth-order valence-electron chi connectivity index (χ4n) is 4.50. The van der Waals surface area contributed by atoms with Crippen LogP contribution in [-0.4, -0.2) is 36.2 Å². The molecule has 2 heteroatoms. The third-order valence-corrected chi connectivity index (χ3v) is 6.10. The Kier molecular flexibility index (Phi) is 6.35. The molecule has 2 rings (SSSR count). The van der Waals surface area contributed by atoms with Gasteiger partial charge in [-0.3, -0.25) is 0 Å². The van der Waals surface area contributed by atoms with Crippen molar-refractivity contribution in [2.45, 2.75) is 83.6 Å². The van der Waals surface area contributed by atoms with Crippen molar-refractivity contribution in [1.82, 2.24) is 4.90 Å². The summed E-state index contributed by atoms with van der Waals surface area (Å²) in [5.41, 5.74) is 0.201. The van der Waals surface area contributed by atoms with Crippen molar-refractivity contribution >= 4 is 0 Å². The number of aliphatic hydroxyl groups excluding tert-OH is 1. The third-order valence-electron chi connectivity index (χ3n) is 6.10. The zero-order valence-electron chi connectivity index (χ0n) is 13.7. The Morgan fingerprint density at radius 1 is 1.00 bits per heavy atom. The Balaban J connectivity index is 1.87. The monoisotopic (exact) mass is 281 g/mol. The lowest BCUT2D eigenvalue weighted by Gasteiger charge is -2.41. The summed E-state index contributed by atoms with van der Waals surface area (Å²) in [5.74, 6) is 0.976. The highest BCUT2D eigenvalue weighted by Crippen LogP contribution is 2.37. The SMILES string of the molecule is CCC1CCC(N(C)CC2(CO)CCCCCC2)CC1. The maximum atomic E-state index is 9.97. The normalized spacial score (nSPS) is 31.2. The van der Waals surface area contributed by atoms with E-state index in [0.29, 0.717) is 6.61 Å². The molecule has 0 saturated heterocycles. The Morgan fingerprint density at radius 2 is 1.60 bits per heavy atom. The predicted molar refractivity (Wildman–Crippen MR) is 85.9 cm³/mol. The molecule has 0 spiro atoms. The molecule has 2 saturated carbocycles. The topological polar surface area (TPSA) is 23.5 Å². The highest BCUT2D eigenvalue weighted by molar-refractivity contribution is 4.87. The molecule has 1 N–H and O–H groups in total. The highest BCUT2D eigenvalue weighted by Gasteiger charge is 2.34. The van der Waals surface area contributed by atoms with Crippen LogP contribution in [-0.2, 0) is 0 Å². The average Bonchev–Trinajstić information content (AvgIpc) is 2.73. The van der Waals surface area contributed by atoms with Gasteiger partial charge in [0.25, 0.3) is 0 Å². The lowest BCUT2D eigenvalue weighted by Crippen LogP contribution is -2.44. The molecule has 0 bridgehead atoms. The van der Waals surface area contributed by atoms with Gasteiger partial charge in [-0.2, -0.15) is 0 Å². The van der Waals surface area contributed by atoms with Gasteiger partial charge in [-0.15, -0.1) is 0 Å². The van der Waals surface area contributed by atoms with E-state index in [9.17, 15) is 5.11 Å². The van der Waals surface area contributed by atoms with Gasteiger partial charge < -0.3 is 10.0 Å². The van der Waals surface area contributed by atoms with Crippen LogP contribution in [0.5, 0.6) is 0 Å². The van der Waals surface area contributed by atoms with E-state index in [-0.39, 0.29) is 5.41 Å². The second kappa shape index (κ2) is 7.79. The van der Waals surface area contributed by atoms with Crippen LogP contribution in [0.4, 0.5) is 0 Å². The largest absolute Gasteiger partial charge is 0.396 e. The van der Waals surface area contributed by atoms with E-state index in [0.717, 1.165) is 18.5 Å². The van der Waals surface area contributed by atoms with Gasteiger partial charge in [0.1, 0.15) is 0 Å². The quantitative estimate of drug-likeness (QED) is 0.763. The molecule has 0 unspecified atom stereocenters. The first-order valence-electron chi connectivity index (χ1n) is 9.00. The number of nitrogens with zero attached hydrogens (tertiary/aromatic N) is 1. The van der Waals surface area contributed by atoms with E-state index < -0.39 is 0 Å². The Labute approximate surface area is 125 Å². The Morgan fingerprint density at radius 3 is 2.10 bits per heavy atom. The number of hydrogen-bond acceptors (Lipinski definition) is 2. The van der Waals surface area contributed by atoms with Gasteiger partial charge in [-0.25, -0.2) is 0 Å². The van der Waals surface area contributed by atoms with Crippen LogP contribution in [0.25, 0.3) is 0 Å². The van der Waals surface area contributed by atoms with Gasteiger partial charge in [0.2, 0.25) is 0 Å².